The molecule has 0 spiro atoms. The Kier molecular flexibility index (Phi) is 4.63. The third-order valence-electron chi connectivity index (χ3n) is 2.75. The fourth-order valence-corrected chi connectivity index (χ4v) is 2.66. The summed E-state index contributed by atoms with van der Waals surface area (Å²) in [7, 11) is 1.35. The number of aryl methyl sites for hydroxylation is 1. The van der Waals surface area contributed by atoms with Crippen LogP contribution in [0.4, 0.5) is 5.69 Å². The number of hydrogen-bond acceptors (Lipinski definition) is 5. The molecule has 0 saturated carbocycles. The molecule has 0 fully saturated rings. The highest BCUT2D eigenvalue weighted by Crippen LogP contribution is 2.28. The normalized spacial score (nSPS) is 10.3. The second-order valence-corrected chi connectivity index (χ2v) is 5.35. The van der Waals surface area contributed by atoms with Crippen LogP contribution in [0, 0.1) is 6.92 Å². The molecule has 1 aromatic carbocycles. The van der Waals surface area contributed by atoms with Gasteiger partial charge in [-0.1, -0.05) is 12.1 Å². The molecule has 0 bridgehead atoms. The van der Waals surface area contributed by atoms with Gasteiger partial charge in [0.2, 0.25) is 0 Å². The number of benzene rings is 1. The van der Waals surface area contributed by atoms with Crippen LogP contribution < -0.4 is 5.73 Å². The molecule has 0 aliphatic heterocycles. The number of nitrogens with zero attached hydrogens (tertiary/aromatic N) is 1. The van der Waals surface area contributed by atoms with E-state index in [1.807, 2.05) is 31.2 Å². The average Bonchev–Trinajstić information content (AvgIpc) is 2.47. The lowest BCUT2D eigenvalue weighted by atomic mass is 10.2. The van der Waals surface area contributed by atoms with E-state index in [9.17, 15) is 4.79 Å². The fraction of sp³-hybridized carbons (Fsp3) is 0.200. The van der Waals surface area contributed by atoms with Crippen molar-refractivity contribution in [2.45, 2.75) is 17.6 Å². The standard InChI is InChI=1S/C15H16N2O2S/c1-10-6-7-12(16)14(8-10)20-9-11-4-3-5-13(17-11)15(18)19-2/h3-8H,9,16H2,1-2H3. The summed E-state index contributed by atoms with van der Waals surface area (Å²) in [6.45, 7) is 2.03. The summed E-state index contributed by atoms with van der Waals surface area (Å²) in [5.41, 5.74) is 9.00. The number of rotatable bonds is 4. The summed E-state index contributed by atoms with van der Waals surface area (Å²) in [5.74, 6) is 0.227. The molecule has 20 heavy (non-hydrogen) atoms. The number of methoxy groups -OCH3 is 1. The number of pyridine rings is 1. The number of nitrogens with two attached hydrogens (primary N) is 1. The topological polar surface area (TPSA) is 65.2 Å². The number of thioether (sulfide) groups is 1. The molecule has 4 nitrogen and oxygen atoms in total. The Hall–Kier alpha value is -2.01. The molecule has 0 aliphatic carbocycles. The Bertz CT molecular complexity index is 629. The van der Waals surface area contributed by atoms with E-state index in [1.165, 1.54) is 7.11 Å². The first-order chi connectivity index (χ1) is 9.60. The third kappa shape index (κ3) is 3.51. The lowest BCUT2D eigenvalue weighted by molar-refractivity contribution is 0.0594. The van der Waals surface area contributed by atoms with Crippen LogP contribution in [0.3, 0.4) is 0 Å². The maximum atomic E-state index is 11.4. The zero-order chi connectivity index (χ0) is 14.5. The zero-order valence-electron chi connectivity index (χ0n) is 11.4. The summed E-state index contributed by atoms with van der Waals surface area (Å²) in [4.78, 5) is 16.7. The number of carbonyl (C=O) groups is 1. The van der Waals surface area contributed by atoms with Crippen LogP contribution in [0.2, 0.25) is 0 Å². The van der Waals surface area contributed by atoms with Gasteiger partial charge in [0.1, 0.15) is 5.69 Å². The number of carbonyl (C=O) groups excluding carboxylic acids is 1. The van der Waals surface area contributed by atoms with E-state index in [0.29, 0.717) is 11.4 Å². The molecular weight excluding hydrogens is 272 g/mol. The SMILES string of the molecule is COC(=O)c1cccc(CSc2cc(C)ccc2N)n1. The van der Waals surface area contributed by atoms with Gasteiger partial charge in [-0.2, -0.15) is 0 Å². The van der Waals surface area contributed by atoms with E-state index < -0.39 is 5.97 Å². The molecule has 104 valence electrons. The molecule has 0 atom stereocenters. The van der Waals surface area contributed by atoms with E-state index >= 15 is 0 Å². The Morgan fingerprint density at radius 3 is 2.90 bits per heavy atom. The van der Waals surface area contributed by atoms with Gasteiger partial charge in [0.05, 0.1) is 12.8 Å². The summed E-state index contributed by atoms with van der Waals surface area (Å²) >= 11 is 1.60. The molecule has 0 aliphatic rings. The van der Waals surface area contributed by atoms with Crippen molar-refractivity contribution in [1.82, 2.24) is 4.98 Å². The highest BCUT2D eigenvalue weighted by atomic mass is 32.2. The van der Waals surface area contributed by atoms with Gasteiger partial charge in [-0.05, 0) is 36.8 Å². The number of esters is 1. The highest BCUT2D eigenvalue weighted by Gasteiger charge is 2.08. The van der Waals surface area contributed by atoms with Gasteiger partial charge in [-0.25, -0.2) is 9.78 Å². The first-order valence-electron chi connectivity index (χ1n) is 6.13. The molecule has 0 saturated heterocycles. The van der Waals surface area contributed by atoms with Crippen molar-refractivity contribution in [2.75, 3.05) is 12.8 Å². The van der Waals surface area contributed by atoms with Crippen molar-refractivity contribution < 1.29 is 9.53 Å². The van der Waals surface area contributed by atoms with Crippen LogP contribution in [0.25, 0.3) is 0 Å². The quantitative estimate of drug-likeness (QED) is 0.532. The third-order valence-corrected chi connectivity index (χ3v) is 3.85. The van der Waals surface area contributed by atoms with E-state index in [0.717, 1.165) is 21.8 Å². The average molecular weight is 288 g/mol. The maximum Gasteiger partial charge on any atom is 0.356 e. The van der Waals surface area contributed by atoms with Crippen LogP contribution in [0.5, 0.6) is 0 Å². The minimum Gasteiger partial charge on any atom is -0.464 e. The number of hydrogen-bond donors (Lipinski definition) is 1. The summed E-state index contributed by atoms with van der Waals surface area (Å²) < 4.78 is 4.66. The van der Waals surface area contributed by atoms with Gasteiger partial charge < -0.3 is 10.5 Å². The predicted octanol–water partition coefficient (Wildman–Crippen LogP) is 3.05. The van der Waals surface area contributed by atoms with Gasteiger partial charge in [-0.15, -0.1) is 11.8 Å². The highest BCUT2D eigenvalue weighted by molar-refractivity contribution is 7.98. The monoisotopic (exact) mass is 288 g/mol. The molecule has 0 amide bonds. The van der Waals surface area contributed by atoms with Gasteiger partial charge >= 0.3 is 5.97 Å². The molecule has 1 heterocycles. The Morgan fingerprint density at radius 2 is 2.15 bits per heavy atom. The van der Waals surface area contributed by atoms with Crippen LogP contribution in [-0.4, -0.2) is 18.1 Å². The van der Waals surface area contributed by atoms with Crippen LogP contribution in [0.15, 0.2) is 41.3 Å². The fourth-order valence-electron chi connectivity index (χ4n) is 1.70. The van der Waals surface area contributed by atoms with Gasteiger partial charge in [0, 0.05) is 16.3 Å². The van der Waals surface area contributed by atoms with Crippen molar-refractivity contribution in [3.8, 4) is 0 Å². The first-order valence-corrected chi connectivity index (χ1v) is 7.12. The maximum absolute atomic E-state index is 11.4. The minimum atomic E-state index is -0.424. The van der Waals surface area contributed by atoms with Crippen LogP contribution >= 0.6 is 11.8 Å². The molecule has 2 N–H and O–H groups in total. The molecular formula is C15H16N2O2S. The van der Waals surface area contributed by atoms with Crippen LogP contribution in [0.1, 0.15) is 21.7 Å². The number of nitrogen functional groups attached to an aromatic ring is 1. The van der Waals surface area contributed by atoms with E-state index in [1.54, 1.807) is 23.9 Å². The second kappa shape index (κ2) is 6.43. The van der Waals surface area contributed by atoms with E-state index in [-0.39, 0.29) is 0 Å². The number of aromatic nitrogens is 1. The second-order valence-electron chi connectivity index (χ2n) is 4.34. The lowest BCUT2D eigenvalue weighted by Crippen LogP contribution is -2.05. The molecule has 0 unspecified atom stereocenters. The minimum absolute atomic E-state index is 0.322. The van der Waals surface area contributed by atoms with Gasteiger partial charge in [0.15, 0.2) is 0 Å². The summed E-state index contributed by atoms with van der Waals surface area (Å²) in [6.07, 6.45) is 0. The largest absolute Gasteiger partial charge is 0.464 e. The molecule has 5 heteroatoms. The summed E-state index contributed by atoms with van der Waals surface area (Å²) in [6, 6.07) is 11.2. The van der Waals surface area contributed by atoms with Crippen molar-refractivity contribution in [2.24, 2.45) is 0 Å². The summed E-state index contributed by atoms with van der Waals surface area (Å²) in [5, 5.41) is 0. The van der Waals surface area contributed by atoms with Crippen molar-refractivity contribution >= 4 is 23.4 Å². The predicted molar refractivity (Wildman–Crippen MR) is 80.7 cm³/mol. The Balaban J connectivity index is 2.11. The smallest absolute Gasteiger partial charge is 0.356 e. The Morgan fingerprint density at radius 1 is 1.35 bits per heavy atom. The lowest BCUT2D eigenvalue weighted by Gasteiger charge is -2.07. The van der Waals surface area contributed by atoms with E-state index in [2.05, 4.69) is 9.72 Å². The molecule has 2 rings (SSSR count). The van der Waals surface area contributed by atoms with Gasteiger partial charge in [-0.3, -0.25) is 0 Å². The number of anilines is 1. The molecule has 0 radical (unpaired) electrons. The van der Waals surface area contributed by atoms with Crippen molar-refractivity contribution in [3.05, 3.63) is 53.3 Å². The molecule has 2 aromatic rings. The van der Waals surface area contributed by atoms with Crippen molar-refractivity contribution in [1.29, 1.82) is 0 Å². The Labute approximate surface area is 122 Å². The first kappa shape index (κ1) is 14.4. The molecule has 1 aromatic heterocycles. The van der Waals surface area contributed by atoms with Crippen molar-refractivity contribution in [3.63, 3.8) is 0 Å². The zero-order valence-corrected chi connectivity index (χ0v) is 12.2. The van der Waals surface area contributed by atoms with Gasteiger partial charge in [0.25, 0.3) is 0 Å². The number of ether oxygens (including phenoxy) is 1. The van der Waals surface area contributed by atoms with Crippen LogP contribution in [-0.2, 0) is 10.5 Å². The van der Waals surface area contributed by atoms with E-state index in [4.69, 9.17) is 5.73 Å².